The zero-order valence-corrected chi connectivity index (χ0v) is 20.2. The number of aromatic hydroxyl groups is 1. The topological polar surface area (TPSA) is 134 Å². The van der Waals surface area contributed by atoms with Gasteiger partial charge in [0.1, 0.15) is 11.5 Å². The van der Waals surface area contributed by atoms with Gasteiger partial charge in [-0.05, 0) is 60.4 Å². The Balaban J connectivity index is 1.27. The van der Waals surface area contributed by atoms with E-state index in [0.29, 0.717) is 42.3 Å². The highest BCUT2D eigenvalue weighted by Crippen LogP contribution is 2.31. The Bertz CT molecular complexity index is 1450. The molecule has 2 aliphatic heterocycles. The van der Waals surface area contributed by atoms with E-state index in [9.17, 15) is 18.3 Å². The third kappa shape index (κ3) is 4.99. The Kier molecular flexibility index (Phi) is 6.27. The summed E-state index contributed by atoms with van der Waals surface area (Å²) in [6.07, 6.45) is 1.75. The van der Waals surface area contributed by atoms with Gasteiger partial charge in [0.25, 0.3) is 5.91 Å². The number of nitrogens with one attached hydrogen (secondary N) is 1. The predicted octanol–water partition coefficient (Wildman–Crippen LogP) is 3.37. The summed E-state index contributed by atoms with van der Waals surface area (Å²) in [6.45, 7) is 1.55. The number of benzene rings is 3. The van der Waals surface area contributed by atoms with Gasteiger partial charge in [0.2, 0.25) is 0 Å². The molecule has 0 saturated carbocycles. The van der Waals surface area contributed by atoms with Crippen molar-refractivity contribution in [2.45, 2.75) is 12.8 Å². The molecule has 1 fully saturated rings. The van der Waals surface area contributed by atoms with Crippen LogP contribution in [0.15, 0.2) is 71.1 Å². The van der Waals surface area contributed by atoms with Crippen molar-refractivity contribution in [1.29, 1.82) is 0 Å². The Labute approximate surface area is 209 Å². The lowest BCUT2D eigenvalue weighted by Crippen LogP contribution is -2.41. The van der Waals surface area contributed by atoms with Crippen molar-refractivity contribution in [2.24, 2.45) is 16.0 Å². The van der Waals surface area contributed by atoms with Gasteiger partial charge in [0.15, 0.2) is 5.84 Å². The van der Waals surface area contributed by atoms with Crippen molar-refractivity contribution >= 4 is 27.6 Å². The maximum Gasteiger partial charge on any atom is 0.344 e. The number of hydrogen-bond acceptors (Lipinski definition) is 6. The number of carbonyl (C=O) groups is 1. The van der Waals surface area contributed by atoms with Gasteiger partial charge in [-0.3, -0.25) is 9.52 Å². The number of piperidine rings is 1. The van der Waals surface area contributed by atoms with E-state index in [1.807, 2.05) is 29.2 Å². The normalized spacial score (nSPS) is 18.5. The molecule has 3 aromatic rings. The molecular formula is C26H26N4O5S. The van der Waals surface area contributed by atoms with Crippen LogP contribution in [0.1, 0.15) is 28.8 Å². The van der Waals surface area contributed by atoms with E-state index in [1.54, 1.807) is 42.5 Å². The minimum absolute atomic E-state index is 0.0513. The summed E-state index contributed by atoms with van der Waals surface area (Å²) in [5.74, 6) is 0.550. The number of likely N-dealkylation sites (tertiary alicyclic amines) is 1. The number of nitrogens with zero attached hydrogens (tertiary/aromatic N) is 2. The molecule has 1 atom stereocenters. The number of phenols is 1. The van der Waals surface area contributed by atoms with E-state index in [2.05, 4.69) is 9.12 Å². The fourth-order valence-electron chi connectivity index (χ4n) is 4.63. The fourth-order valence-corrected chi connectivity index (χ4v) is 5.47. The predicted molar refractivity (Wildman–Crippen MR) is 137 cm³/mol. The van der Waals surface area contributed by atoms with Crippen molar-refractivity contribution in [3.8, 4) is 22.6 Å². The van der Waals surface area contributed by atoms with Crippen LogP contribution in [0.5, 0.6) is 11.5 Å². The van der Waals surface area contributed by atoms with Crippen LogP contribution in [0.2, 0.25) is 0 Å². The Hall–Kier alpha value is -4.05. The first-order valence-corrected chi connectivity index (χ1v) is 13.1. The highest BCUT2D eigenvalue weighted by atomic mass is 32.2. The maximum atomic E-state index is 13.3. The quantitative estimate of drug-likeness (QED) is 0.486. The zero-order chi connectivity index (χ0) is 25.3. The molecule has 1 saturated heterocycles. The van der Waals surface area contributed by atoms with E-state index in [0.717, 1.165) is 24.0 Å². The standard InChI is InChI=1S/C26H26N4O5S/c27-25-24-22(28-36(33,34)29-25)10-3-11-23(24)35-16-17-5-4-12-30(15-17)26(32)20-8-1-6-18(13-20)19-7-2-9-21(31)14-19/h1-3,6-11,13-14,17,28,31H,4-5,12,15-16H2,(H2,27,29). The van der Waals surface area contributed by atoms with E-state index in [1.165, 1.54) is 0 Å². The van der Waals surface area contributed by atoms with Crippen LogP contribution in [-0.4, -0.2) is 49.9 Å². The van der Waals surface area contributed by atoms with Crippen molar-refractivity contribution in [3.05, 3.63) is 77.9 Å². The molecule has 2 heterocycles. The van der Waals surface area contributed by atoms with Gasteiger partial charge in [-0.15, -0.1) is 4.40 Å². The Morgan fingerprint density at radius 1 is 1.11 bits per heavy atom. The smallest absolute Gasteiger partial charge is 0.344 e. The van der Waals surface area contributed by atoms with Gasteiger partial charge in [-0.25, -0.2) is 0 Å². The largest absolute Gasteiger partial charge is 0.508 e. The second-order valence-corrected chi connectivity index (χ2v) is 10.3. The summed E-state index contributed by atoms with van der Waals surface area (Å²) in [6, 6.07) is 19.4. The van der Waals surface area contributed by atoms with Gasteiger partial charge in [0, 0.05) is 24.6 Å². The number of amides is 1. The lowest BCUT2D eigenvalue weighted by Gasteiger charge is -2.33. The summed E-state index contributed by atoms with van der Waals surface area (Å²) in [7, 11) is -3.86. The Morgan fingerprint density at radius 3 is 2.67 bits per heavy atom. The number of amidine groups is 1. The molecule has 0 spiro atoms. The number of ether oxygens (including phenoxy) is 1. The highest BCUT2D eigenvalue weighted by molar-refractivity contribution is 7.91. The molecule has 0 bridgehead atoms. The summed E-state index contributed by atoms with van der Waals surface area (Å²) >= 11 is 0. The summed E-state index contributed by atoms with van der Waals surface area (Å²) in [5, 5.41) is 9.79. The average molecular weight is 507 g/mol. The van der Waals surface area contributed by atoms with Crippen LogP contribution in [0.4, 0.5) is 5.69 Å². The molecule has 0 aromatic heterocycles. The van der Waals surface area contributed by atoms with E-state index in [4.69, 9.17) is 10.5 Å². The monoisotopic (exact) mass is 506 g/mol. The number of anilines is 1. The van der Waals surface area contributed by atoms with Crippen LogP contribution >= 0.6 is 0 Å². The molecule has 4 N–H and O–H groups in total. The lowest BCUT2D eigenvalue weighted by molar-refractivity contribution is 0.0633. The average Bonchev–Trinajstić information content (AvgIpc) is 2.86. The number of phenolic OH excluding ortho intramolecular Hbond substituents is 1. The molecule has 10 heteroatoms. The van der Waals surface area contributed by atoms with Crippen LogP contribution < -0.4 is 15.2 Å². The minimum Gasteiger partial charge on any atom is -0.508 e. The molecule has 1 amide bonds. The molecule has 5 rings (SSSR count). The summed E-state index contributed by atoms with van der Waals surface area (Å²) < 4.78 is 35.5. The minimum atomic E-state index is -3.86. The van der Waals surface area contributed by atoms with Crippen molar-refractivity contribution in [1.82, 2.24) is 4.90 Å². The number of rotatable bonds is 5. The molecule has 0 radical (unpaired) electrons. The van der Waals surface area contributed by atoms with Gasteiger partial charge < -0.3 is 20.5 Å². The second kappa shape index (κ2) is 9.54. The van der Waals surface area contributed by atoms with Crippen LogP contribution in [0.3, 0.4) is 0 Å². The molecule has 1 unspecified atom stereocenters. The van der Waals surface area contributed by atoms with Crippen molar-refractivity contribution in [2.75, 3.05) is 24.4 Å². The molecule has 3 aromatic carbocycles. The van der Waals surface area contributed by atoms with Gasteiger partial charge >= 0.3 is 10.2 Å². The van der Waals surface area contributed by atoms with Crippen molar-refractivity contribution in [3.63, 3.8) is 0 Å². The van der Waals surface area contributed by atoms with Crippen LogP contribution in [-0.2, 0) is 10.2 Å². The second-order valence-electron chi connectivity index (χ2n) is 8.93. The third-order valence-electron chi connectivity index (χ3n) is 6.31. The van der Waals surface area contributed by atoms with E-state index < -0.39 is 10.2 Å². The zero-order valence-electron chi connectivity index (χ0n) is 19.4. The van der Waals surface area contributed by atoms with E-state index in [-0.39, 0.29) is 23.4 Å². The first kappa shape index (κ1) is 23.7. The number of fused-ring (bicyclic) bond motifs is 1. The van der Waals surface area contributed by atoms with Gasteiger partial charge in [-0.2, -0.15) is 8.42 Å². The molecule has 36 heavy (non-hydrogen) atoms. The highest BCUT2D eigenvalue weighted by Gasteiger charge is 2.27. The van der Waals surface area contributed by atoms with Crippen LogP contribution in [0.25, 0.3) is 11.1 Å². The first-order chi connectivity index (χ1) is 17.3. The SMILES string of the molecule is NC1=NS(=O)(=O)Nc2cccc(OCC3CCCN(C(=O)c4cccc(-c5cccc(O)c5)c4)C3)c21. The van der Waals surface area contributed by atoms with Gasteiger partial charge in [-0.1, -0.05) is 30.3 Å². The van der Waals surface area contributed by atoms with Crippen LogP contribution in [0, 0.1) is 5.92 Å². The fraction of sp³-hybridized carbons (Fsp3) is 0.231. The van der Waals surface area contributed by atoms with E-state index >= 15 is 0 Å². The molecule has 0 aliphatic carbocycles. The number of carbonyl (C=O) groups excluding carboxylic acids is 1. The lowest BCUT2D eigenvalue weighted by atomic mass is 9.97. The Morgan fingerprint density at radius 2 is 1.86 bits per heavy atom. The molecular weight excluding hydrogens is 480 g/mol. The maximum absolute atomic E-state index is 13.3. The molecule has 9 nitrogen and oxygen atoms in total. The van der Waals surface area contributed by atoms with Crippen molar-refractivity contribution < 1.29 is 23.1 Å². The summed E-state index contributed by atoms with van der Waals surface area (Å²) in [5.41, 5.74) is 8.93. The summed E-state index contributed by atoms with van der Waals surface area (Å²) in [4.78, 5) is 15.1. The number of nitrogens with two attached hydrogens (primary N) is 1. The number of hydrogen-bond donors (Lipinski definition) is 3. The molecule has 186 valence electrons. The molecule has 2 aliphatic rings. The van der Waals surface area contributed by atoms with Gasteiger partial charge in [0.05, 0.1) is 17.9 Å². The third-order valence-corrected chi connectivity index (χ3v) is 7.22. The first-order valence-electron chi connectivity index (χ1n) is 11.6.